The second-order valence-corrected chi connectivity index (χ2v) is 8.61. The zero-order valence-corrected chi connectivity index (χ0v) is 13.4. The highest BCUT2D eigenvalue weighted by Gasteiger charge is 2.58. The molecular weight excluding hydrogens is 260 g/mol. The smallest absolute Gasteiger partial charge is 0.155 e. The molecule has 0 aromatic rings. The summed E-state index contributed by atoms with van der Waals surface area (Å²) < 4.78 is 0. The van der Waals surface area contributed by atoms with Gasteiger partial charge in [0.05, 0.1) is 6.10 Å². The van der Waals surface area contributed by atoms with Gasteiger partial charge in [-0.05, 0) is 79.6 Å². The lowest BCUT2D eigenvalue weighted by Crippen LogP contribution is -2.51. The van der Waals surface area contributed by atoms with Gasteiger partial charge in [0, 0.05) is 6.42 Å². The van der Waals surface area contributed by atoms with Gasteiger partial charge in [0.25, 0.3) is 0 Å². The largest absolute Gasteiger partial charge is 0.393 e. The highest BCUT2D eigenvalue weighted by Crippen LogP contribution is 2.65. The van der Waals surface area contributed by atoms with Gasteiger partial charge in [0.15, 0.2) is 5.78 Å². The Morgan fingerprint density at radius 1 is 1.05 bits per heavy atom. The topological polar surface area (TPSA) is 37.3 Å². The molecule has 0 aliphatic heterocycles. The Bertz CT molecular complexity index is 508. The van der Waals surface area contributed by atoms with Gasteiger partial charge in [0.1, 0.15) is 0 Å². The maximum absolute atomic E-state index is 11.8. The van der Waals surface area contributed by atoms with Gasteiger partial charge in [-0.25, -0.2) is 0 Å². The Kier molecular flexibility index (Phi) is 2.96. The van der Waals surface area contributed by atoms with E-state index in [0.717, 1.165) is 37.5 Å². The zero-order chi connectivity index (χ0) is 14.8. The maximum Gasteiger partial charge on any atom is 0.155 e. The van der Waals surface area contributed by atoms with Crippen molar-refractivity contribution in [2.24, 2.45) is 28.6 Å². The molecule has 4 aliphatic carbocycles. The molecule has 0 unspecified atom stereocenters. The molecule has 21 heavy (non-hydrogen) atoms. The summed E-state index contributed by atoms with van der Waals surface area (Å²) in [4.78, 5) is 11.8. The quantitative estimate of drug-likeness (QED) is 0.734. The fourth-order valence-corrected chi connectivity index (χ4v) is 6.53. The molecule has 4 aliphatic rings. The molecule has 0 heterocycles. The van der Waals surface area contributed by atoms with Crippen LogP contribution in [-0.4, -0.2) is 17.0 Å². The van der Waals surface area contributed by atoms with Gasteiger partial charge in [-0.2, -0.15) is 0 Å². The first-order valence-electron chi connectivity index (χ1n) is 8.87. The monoisotopic (exact) mass is 288 g/mol. The van der Waals surface area contributed by atoms with E-state index in [-0.39, 0.29) is 16.9 Å². The molecule has 3 fully saturated rings. The number of allylic oxidation sites excluding steroid dienone is 1. The molecule has 3 saturated carbocycles. The van der Waals surface area contributed by atoms with E-state index in [1.165, 1.54) is 31.3 Å². The highest BCUT2D eigenvalue weighted by molar-refractivity contribution is 5.91. The lowest BCUT2D eigenvalue weighted by molar-refractivity contribution is -0.118. The molecule has 6 atom stereocenters. The third-order valence-electron chi connectivity index (χ3n) is 7.91. The number of aliphatic hydroxyl groups is 1. The van der Waals surface area contributed by atoms with Gasteiger partial charge in [-0.3, -0.25) is 4.79 Å². The molecule has 1 N–H and O–H groups in total. The van der Waals surface area contributed by atoms with Gasteiger partial charge in [-0.15, -0.1) is 0 Å². The summed E-state index contributed by atoms with van der Waals surface area (Å²) in [5, 5.41) is 10.4. The first-order chi connectivity index (χ1) is 9.95. The van der Waals surface area contributed by atoms with Crippen molar-refractivity contribution in [3.63, 3.8) is 0 Å². The molecule has 4 rings (SSSR count). The standard InChI is InChI=1S/C19H28O2/c1-18-9-7-13(20)11-12(18)3-4-14-15-5-6-17(21)19(15,2)10-8-16(14)18/h11,14-17,21H,3-10H2,1-2H3/t14-,15+,16-,17+,18+,19+/m1/s1. The van der Waals surface area contributed by atoms with Crippen LogP contribution in [0.15, 0.2) is 11.6 Å². The summed E-state index contributed by atoms with van der Waals surface area (Å²) >= 11 is 0. The van der Waals surface area contributed by atoms with E-state index in [9.17, 15) is 9.90 Å². The van der Waals surface area contributed by atoms with Crippen molar-refractivity contribution in [1.29, 1.82) is 0 Å². The number of carbonyl (C=O) groups excluding carboxylic acids is 1. The van der Waals surface area contributed by atoms with Crippen LogP contribution in [0, 0.1) is 28.6 Å². The van der Waals surface area contributed by atoms with Crippen molar-refractivity contribution in [2.75, 3.05) is 0 Å². The first-order valence-corrected chi connectivity index (χ1v) is 8.87. The normalized spacial score (nSPS) is 52.7. The minimum absolute atomic E-state index is 0.0823. The molecule has 0 amide bonds. The van der Waals surface area contributed by atoms with E-state index in [4.69, 9.17) is 0 Å². The Hall–Kier alpha value is -0.630. The lowest BCUT2D eigenvalue weighted by Gasteiger charge is -2.57. The van der Waals surface area contributed by atoms with Crippen LogP contribution in [0.25, 0.3) is 0 Å². The predicted octanol–water partition coefficient (Wildman–Crippen LogP) is 3.88. The molecule has 0 spiro atoms. The molecule has 0 saturated heterocycles. The number of hydrogen-bond acceptors (Lipinski definition) is 2. The second-order valence-electron chi connectivity index (χ2n) is 8.61. The number of aliphatic hydroxyl groups excluding tert-OH is 1. The average molecular weight is 288 g/mol. The van der Waals surface area contributed by atoms with E-state index in [1.807, 2.05) is 6.08 Å². The Morgan fingerprint density at radius 2 is 1.86 bits per heavy atom. The van der Waals surface area contributed by atoms with Gasteiger partial charge in [0.2, 0.25) is 0 Å². The molecule has 0 aromatic carbocycles. The van der Waals surface area contributed by atoms with Crippen LogP contribution >= 0.6 is 0 Å². The fourth-order valence-electron chi connectivity index (χ4n) is 6.53. The van der Waals surface area contributed by atoms with Crippen LogP contribution in [0.4, 0.5) is 0 Å². The minimum atomic E-state index is -0.0823. The van der Waals surface area contributed by atoms with E-state index < -0.39 is 0 Å². The minimum Gasteiger partial charge on any atom is -0.393 e. The van der Waals surface area contributed by atoms with Crippen LogP contribution in [-0.2, 0) is 4.79 Å². The van der Waals surface area contributed by atoms with Crippen molar-refractivity contribution in [2.45, 2.75) is 71.3 Å². The molecule has 116 valence electrons. The maximum atomic E-state index is 11.8. The van der Waals surface area contributed by atoms with Crippen LogP contribution in [0.1, 0.15) is 65.2 Å². The SMILES string of the molecule is C[C@]12CC[C@@H]3[C@H](CCC4=CC(=O)CC[C@@]43C)[C@@H]1CC[C@@H]2O. The molecule has 0 radical (unpaired) electrons. The van der Waals surface area contributed by atoms with Crippen molar-refractivity contribution in [3.8, 4) is 0 Å². The Morgan fingerprint density at radius 3 is 2.67 bits per heavy atom. The molecule has 0 bridgehead atoms. The number of hydrogen-bond donors (Lipinski definition) is 1. The third kappa shape index (κ3) is 1.78. The number of ketones is 1. The van der Waals surface area contributed by atoms with E-state index >= 15 is 0 Å². The molecular formula is C19H28O2. The van der Waals surface area contributed by atoms with Crippen LogP contribution in [0.2, 0.25) is 0 Å². The number of carbonyl (C=O) groups is 1. The highest BCUT2D eigenvalue weighted by atomic mass is 16.3. The Balaban J connectivity index is 1.69. The van der Waals surface area contributed by atoms with E-state index in [0.29, 0.717) is 11.7 Å². The van der Waals surface area contributed by atoms with Crippen molar-refractivity contribution in [1.82, 2.24) is 0 Å². The summed E-state index contributed by atoms with van der Waals surface area (Å²) in [5.41, 5.74) is 1.89. The van der Waals surface area contributed by atoms with Crippen LogP contribution in [0.5, 0.6) is 0 Å². The summed E-state index contributed by atoms with van der Waals surface area (Å²) in [6.07, 6.45) is 10.7. The van der Waals surface area contributed by atoms with E-state index in [1.54, 1.807) is 0 Å². The van der Waals surface area contributed by atoms with Crippen molar-refractivity contribution < 1.29 is 9.90 Å². The zero-order valence-electron chi connectivity index (χ0n) is 13.4. The second kappa shape index (κ2) is 4.44. The van der Waals surface area contributed by atoms with E-state index in [2.05, 4.69) is 13.8 Å². The van der Waals surface area contributed by atoms with Crippen LogP contribution in [0.3, 0.4) is 0 Å². The summed E-state index contributed by atoms with van der Waals surface area (Å²) in [6.45, 7) is 4.76. The predicted molar refractivity (Wildman–Crippen MR) is 82.7 cm³/mol. The summed E-state index contributed by atoms with van der Waals surface area (Å²) in [6, 6.07) is 0. The van der Waals surface area contributed by atoms with Gasteiger partial charge < -0.3 is 5.11 Å². The fraction of sp³-hybridized carbons (Fsp3) is 0.842. The van der Waals surface area contributed by atoms with Crippen molar-refractivity contribution in [3.05, 3.63) is 11.6 Å². The van der Waals surface area contributed by atoms with Crippen molar-refractivity contribution >= 4 is 5.78 Å². The lowest BCUT2D eigenvalue weighted by atomic mass is 9.47. The van der Waals surface area contributed by atoms with Crippen LogP contribution < -0.4 is 0 Å². The van der Waals surface area contributed by atoms with Gasteiger partial charge >= 0.3 is 0 Å². The third-order valence-corrected chi connectivity index (χ3v) is 7.91. The molecule has 2 heteroatoms. The molecule has 2 nitrogen and oxygen atoms in total. The average Bonchev–Trinajstić information content (AvgIpc) is 2.76. The van der Waals surface area contributed by atoms with Gasteiger partial charge in [-0.1, -0.05) is 19.4 Å². The Labute approximate surface area is 128 Å². The number of rotatable bonds is 0. The molecule has 0 aromatic heterocycles. The number of fused-ring (bicyclic) bond motifs is 5. The summed E-state index contributed by atoms with van der Waals surface area (Å²) in [7, 11) is 0. The summed E-state index contributed by atoms with van der Waals surface area (Å²) in [5.74, 6) is 2.57. The first kappa shape index (κ1) is 14.0.